The first kappa shape index (κ1) is 22.2. The predicted octanol–water partition coefficient (Wildman–Crippen LogP) is 4.67. The minimum atomic E-state index is -3.86. The van der Waals surface area contributed by atoms with Gasteiger partial charge in [0.25, 0.3) is 0 Å². The maximum absolute atomic E-state index is 13.0. The number of carbonyl (C=O) groups excluding carboxylic acids is 1. The Hall–Kier alpha value is -2.48. The van der Waals surface area contributed by atoms with Crippen LogP contribution >= 0.6 is 15.9 Å². The number of carbonyl (C=O) groups is 1. The van der Waals surface area contributed by atoms with Crippen molar-refractivity contribution in [3.05, 3.63) is 95.6 Å². The third kappa shape index (κ3) is 5.16. The number of nitrogens with one attached hydrogen (secondary N) is 1. The zero-order valence-electron chi connectivity index (χ0n) is 16.6. The van der Waals surface area contributed by atoms with Crippen LogP contribution in [0.5, 0.6) is 5.75 Å². The van der Waals surface area contributed by atoms with Crippen molar-refractivity contribution in [2.45, 2.75) is 22.7 Å². The SMILES string of the molecule is COc1ccc([C@@H](NS(=O)(=O)c2ccc(C)cc2)[C@H](Br)C(=O)c2ccccc2)cc1. The highest BCUT2D eigenvalue weighted by molar-refractivity contribution is 9.10. The number of ketones is 1. The van der Waals surface area contributed by atoms with E-state index in [4.69, 9.17) is 4.74 Å². The highest BCUT2D eigenvalue weighted by atomic mass is 79.9. The Morgan fingerprint density at radius 1 is 0.933 bits per heavy atom. The summed E-state index contributed by atoms with van der Waals surface area (Å²) >= 11 is 3.45. The molecule has 0 heterocycles. The van der Waals surface area contributed by atoms with Gasteiger partial charge in [0.1, 0.15) is 5.75 Å². The Balaban J connectivity index is 1.98. The summed E-state index contributed by atoms with van der Waals surface area (Å²) in [7, 11) is -2.31. The Bertz CT molecular complexity index is 1100. The van der Waals surface area contributed by atoms with Crippen molar-refractivity contribution in [1.82, 2.24) is 4.72 Å². The van der Waals surface area contributed by atoms with Crippen molar-refractivity contribution >= 4 is 31.7 Å². The van der Waals surface area contributed by atoms with E-state index < -0.39 is 20.9 Å². The van der Waals surface area contributed by atoms with Gasteiger partial charge in [-0.1, -0.05) is 76.1 Å². The van der Waals surface area contributed by atoms with Crippen LogP contribution in [0.15, 0.2) is 83.8 Å². The van der Waals surface area contributed by atoms with Crippen LogP contribution in [0.25, 0.3) is 0 Å². The normalized spacial score (nSPS) is 13.4. The molecule has 3 rings (SSSR count). The number of alkyl halides is 1. The summed E-state index contributed by atoms with van der Waals surface area (Å²) in [5.41, 5.74) is 2.09. The molecule has 0 aliphatic rings. The van der Waals surface area contributed by atoms with Crippen LogP contribution in [0.3, 0.4) is 0 Å². The van der Waals surface area contributed by atoms with E-state index in [1.165, 1.54) is 0 Å². The van der Waals surface area contributed by atoms with Gasteiger partial charge >= 0.3 is 0 Å². The topological polar surface area (TPSA) is 72.5 Å². The van der Waals surface area contributed by atoms with Gasteiger partial charge in [-0.2, -0.15) is 0 Å². The van der Waals surface area contributed by atoms with Crippen molar-refractivity contribution in [3.8, 4) is 5.75 Å². The first-order chi connectivity index (χ1) is 14.3. The van der Waals surface area contributed by atoms with Gasteiger partial charge in [-0.15, -0.1) is 0 Å². The predicted molar refractivity (Wildman–Crippen MR) is 121 cm³/mol. The van der Waals surface area contributed by atoms with Crippen LogP contribution in [-0.4, -0.2) is 26.1 Å². The minimum absolute atomic E-state index is 0.137. The van der Waals surface area contributed by atoms with Crippen molar-refractivity contribution < 1.29 is 17.9 Å². The lowest BCUT2D eigenvalue weighted by Gasteiger charge is -2.24. The molecular weight excluding hydrogens is 466 g/mol. The van der Waals surface area contributed by atoms with Gasteiger partial charge in [-0.05, 0) is 36.8 Å². The lowest BCUT2D eigenvalue weighted by molar-refractivity contribution is 0.0982. The summed E-state index contributed by atoms with van der Waals surface area (Å²) in [6.45, 7) is 1.89. The Labute approximate surface area is 185 Å². The largest absolute Gasteiger partial charge is 0.497 e. The van der Waals surface area contributed by atoms with Crippen LogP contribution in [-0.2, 0) is 10.0 Å². The van der Waals surface area contributed by atoms with Crippen molar-refractivity contribution in [2.24, 2.45) is 0 Å². The van der Waals surface area contributed by atoms with Gasteiger partial charge in [0.05, 0.1) is 22.9 Å². The van der Waals surface area contributed by atoms with Gasteiger partial charge < -0.3 is 4.74 Å². The molecule has 7 heteroatoms. The summed E-state index contributed by atoms with van der Waals surface area (Å²) in [6.07, 6.45) is 0. The van der Waals surface area contributed by atoms with Crippen molar-refractivity contribution in [3.63, 3.8) is 0 Å². The molecule has 0 aromatic heterocycles. The zero-order valence-corrected chi connectivity index (χ0v) is 19.0. The van der Waals surface area contributed by atoms with E-state index in [2.05, 4.69) is 20.7 Å². The lowest BCUT2D eigenvalue weighted by Crippen LogP contribution is -2.37. The van der Waals surface area contributed by atoms with Gasteiger partial charge in [-0.25, -0.2) is 13.1 Å². The molecule has 0 saturated carbocycles. The van der Waals surface area contributed by atoms with E-state index in [-0.39, 0.29) is 10.7 Å². The monoisotopic (exact) mass is 487 g/mol. The fourth-order valence-corrected chi connectivity index (χ4v) is 5.09. The average molecular weight is 488 g/mol. The van der Waals surface area contributed by atoms with Gasteiger partial charge in [0.15, 0.2) is 5.78 Å². The number of ether oxygens (including phenoxy) is 1. The lowest BCUT2D eigenvalue weighted by atomic mass is 9.98. The molecule has 3 aromatic rings. The number of hydrogen-bond acceptors (Lipinski definition) is 4. The van der Waals surface area contributed by atoms with Crippen LogP contribution in [0.4, 0.5) is 0 Å². The molecule has 1 N–H and O–H groups in total. The Kier molecular flexibility index (Phi) is 7.07. The number of halogens is 1. The van der Waals surface area contributed by atoms with E-state index in [9.17, 15) is 13.2 Å². The second kappa shape index (κ2) is 9.55. The average Bonchev–Trinajstić information content (AvgIpc) is 2.77. The molecule has 0 spiro atoms. The molecule has 2 atom stereocenters. The Morgan fingerprint density at radius 2 is 1.53 bits per heavy atom. The number of methoxy groups -OCH3 is 1. The van der Waals surface area contributed by atoms with E-state index in [1.807, 2.05) is 13.0 Å². The van der Waals surface area contributed by atoms with E-state index in [0.717, 1.165) is 5.56 Å². The summed E-state index contributed by atoms with van der Waals surface area (Å²) in [5, 5.41) is 0. The first-order valence-electron chi connectivity index (χ1n) is 9.28. The van der Waals surface area contributed by atoms with Crippen LogP contribution in [0, 0.1) is 6.92 Å². The number of aryl methyl sites for hydroxylation is 1. The van der Waals surface area contributed by atoms with Crippen LogP contribution < -0.4 is 9.46 Å². The first-order valence-corrected chi connectivity index (χ1v) is 11.7. The fraction of sp³-hybridized carbons (Fsp3) is 0.174. The smallest absolute Gasteiger partial charge is 0.241 e. The number of sulfonamides is 1. The maximum Gasteiger partial charge on any atom is 0.241 e. The number of benzene rings is 3. The molecule has 0 aliphatic carbocycles. The number of rotatable bonds is 8. The van der Waals surface area contributed by atoms with Crippen LogP contribution in [0.2, 0.25) is 0 Å². The fourth-order valence-electron chi connectivity index (χ4n) is 2.97. The van der Waals surface area contributed by atoms with E-state index in [0.29, 0.717) is 16.9 Å². The van der Waals surface area contributed by atoms with Gasteiger partial charge in [0.2, 0.25) is 10.0 Å². The summed E-state index contributed by atoms with van der Waals surface area (Å²) in [6, 6.07) is 21.5. The Morgan fingerprint density at radius 3 is 2.10 bits per heavy atom. The molecule has 30 heavy (non-hydrogen) atoms. The third-order valence-electron chi connectivity index (χ3n) is 4.69. The minimum Gasteiger partial charge on any atom is -0.497 e. The van der Waals surface area contributed by atoms with Crippen molar-refractivity contribution in [1.29, 1.82) is 0 Å². The molecule has 5 nitrogen and oxygen atoms in total. The maximum atomic E-state index is 13.0. The van der Waals surface area contributed by atoms with Crippen molar-refractivity contribution in [2.75, 3.05) is 7.11 Å². The van der Waals surface area contributed by atoms with Gasteiger partial charge in [-0.3, -0.25) is 4.79 Å². The van der Waals surface area contributed by atoms with E-state index >= 15 is 0 Å². The summed E-state index contributed by atoms with van der Waals surface area (Å²) in [5.74, 6) is 0.419. The molecular formula is C23H22BrNO4S. The standard InChI is InChI=1S/C23H22BrNO4S/c1-16-8-14-20(15-9-16)30(27,28)25-22(17-10-12-19(29-2)13-11-17)21(24)23(26)18-6-4-3-5-7-18/h3-15,21-22,25H,1-2H3/t21-,22+/m0/s1. The van der Waals surface area contributed by atoms with E-state index in [1.54, 1.807) is 79.9 Å². The quantitative estimate of drug-likeness (QED) is 0.370. The summed E-state index contributed by atoms with van der Waals surface area (Å²) in [4.78, 5) is 12.4. The molecule has 3 aromatic carbocycles. The molecule has 0 bridgehead atoms. The molecule has 0 aliphatic heterocycles. The third-order valence-corrected chi connectivity index (χ3v) is 7.09. The number of Topliss-reactive ketones (excluding diaryl/α,β-unsaturated/α-hetero) is 1. The highest BCUT2D eigenvalue weighted by Gasteiger charge is 2.32. The van der Waals surface area contributed by atoms with Crippen LogP contribution in [0.1, 0.15) is 27.5 Å². The highest BCUT2D eigenvalue weighted by Crippen LogP contribution is 2.29. The summed E-state index contributed by atoms with van der Waals surface area (Å²) < 4.78 is 34.0. The molecule has 0 amide bonds. The molecule has 156 valence electrons. The molecule has 0 unspecified atom stereocenters. The zero-order chi connectivity index (χ0) is 21.7. The second-order valence-electron chi connectivity index (χ2n) is 6.82. The van der Waals surface area contributed by atoms with Gasteiger partial charge in [0, 0.05) is 5.56 Å². The molecule has 0 fully saturated rings. The number of hydrogen-bond donors (Lipinski definition) is 1. The molecule has 0 saturated heterocycles. The second-order valence-corrected chi connectivity index (χ2v) is 9.52. The molecule has 0 radical (unpaired) electrons.